The first-order valence-electron chi connectivity index (χ1n) is 7.78. The summed E-state index contributed by atoms with van der Waals surface area (Å²) in [6.07, 6.45) is 3.04. The van der Waals surface area contributed by atoms with Gasteiger partial charge < -0.3 is 10.4 Å². The predicted molar refractivity (Wildman–Crippen MR) is 88.2 cm³/mol. The van der Waals surface area contributed by atoms with Crippen LogP contribution in [-0.4, -0.2) is 28.9 Å². The lowest BCUT2D eigenvalue weighted by Crippen LogP contribution is -2.46. The van der Waals surface area contributed by atoms with Gasteiger partial charge in [-0.15, -0.1) is 0 Å². The van der Waals surface area contributed by atoms with E-state index in [4.69, 9.17) is 0 Å². The van der Waals surface area contributed by atoms with E-state index in [2.05, 4.69) is 24.4 Å². The fourth-order valence-electron chi connectivity index (χ4n) is 2.72. The van der Waals surface area contributed by atoms with Crippen LogP contribution in [0, 0.1) is 5.92 Å². The van der Waals surface area contributed by atoms with Crippen molar-refractivity contribution in [3.05, 3.63) is 35.9 Å². The lowest BCUT2D eigenvalue weighted by Gasteiger charge is -2.37. The molecule has 21 heavy (non-hydrogen) atoms. The average Bonchev–Trinajstić information content (AvgIpc) is 2.47. The second-order valence-corrected chi connectivity index (χ2v) is 6.86. The van der Waals surface area contributed by atoms with E-state index < -0.39 is 0 Å². The molecule has 0 bridgehead atoms. The van der Waals surface area contributed by atoms with Gasteiger partial charge in [-0.1, -0.05) is 37.3 Å². The number of hydrogen-bond acceptors (Lipinski definition) is 3. The number of benzene rings is 1. The first kappa shape index (κ1) is 16.4. The first-order chi connectivity index (χ1) is 10.2. The molecule has 0 aliphatic heterocycles. The highest BCUT2D eigenvalue weighted by Crippen LogP contribution is 2.31. The molecule has 1 aromatic rings. The Balaban J connectivity index is 1.60. The van der Waals surface area contributed by atoms with E-state index in [-0.39, 0.29) is 18.1 Å². The van der Waals surface area contributed by atoms with Gasteiger partial charge in [0.1, 0.15) is 0 Å². The second kappa shape index (κ2) is 8.44. The standard InChI is InChI=1S/C17H25NO2S/c1-2-16(14-10-15(19)11-14)18-17(20)8-9-21-12-13-6-4-3-5-7-13/h3-7,14-16,19H,2,8-12H2,1H3,(H,18,20)/t14?,15?,16-/m0/s1. The van der Waals surface area contributed by atoms with Crippen LogP contribution in [0.3, 0.4) is 0 Å². The third kappa shape index (κ3) is 5.36. The van der Waals surface area contributed by atoms with Crippen molar-refractivity contribution in [3.63, 3.8) is 0 Å². The SMILES string of the molecule is CC[C@H](NC(=O)CCSCc1ccccc1)C1CC(O)C1. The van der Waals surface area contributed by atoms with Crippen molar-refractivity contribution in [1.82, 2.24) is 5.32 Å². The van der Waals surface area contributed by atoms with E-state index in [0.717, 1.165) is 30.8 Å². The third-order valence-corrected chi connectivity index (χ3v) is 5.12. The molecule has 1 fully saturated rings. The maximum Gasteiger partial charge on any atom is 0.221 e. The van der Waals surface area contributed by atoms with Gasteiger partial charge in [0.15, 0.2) is 0 Å². The summed E-state index contributed by atoms with van der Waals surface area (Å²) in [5.41, 5.74) is 1.30. The van der Waals surface area contributed by atoms with Crippen molar-refractivity contribution in [2.24, 2.45) is 5.92 Å². The normalized spacial score (nSPS) is 22.4. The minimum Gasteiger partial charge on any atom is -0.393 e. The van der Waals surface area contributed by atoms with Gasteiger partial charge in [0.2, 0.25) is 5.91 Å². The van der Waals surface area contributed by atoms with Crippen LogP contribution in [0.15, 0.2) is 30.3 Å². The molecule has 0 radical (unpaired) electrons. The molecule has 1 aliphatic rings. The fraction of sp³-hybridized carbons (Fsp3) is 0.588. The number of thioether (sulfide) groups is 1. The number of aliphatic hydroxyl groups excluding tert-OH is 1. The molecule has 1 atom stereocenters. The molecule has 1 aliphatic carbocycles. The van der Waals surface area contributed by atoms with Crippen molar-refractivity contribution in [2.75, 3.05) is 5.75 Å². The summed E-state index contributed by atoms with van der Waals surface area (Å²) in [5, 5.41) is 12.5. The summed E-state index contributed by atoms with van der Waals surface area (Å²) in [5.74, 6) is 2.42. The highest BCUT2D eigenvalue weighted by atomic mass is 32.2. The van der Waals surface area contributed by atoms with Crippen LogP contribution in [0.4, 0.5) is 0 Å². The maximum atomic E-state index is 12.0. The van der Waals surface area contributed by atoms with Gasteiger partial charge in [-0.05, 0) is 30.7 Å². The van der Waals surface area contributed by atoms with Crippen LogP contribution in [-0.2, 0) is 10.5 Å². The molecule has 1 aromatic carbocycles. The van der Waals surface area contributed by atoms with E-state index >= 15 is 0 Å². The van der Waals surface area contributed by atoms with Crippen molar-refractivity contribution < 1.29 is 9.90 Å². The van der Waals surface area contributed by atoms with Crippen molar-refractivity contribution >= 4 is 17.7 Å². The fourth-order valence-corrected chi connectivity index (χ4v) is 3.62. The summed E-state index contributed by atoms with van der Waals surface area (Å²) in [6, 6.07) is 10.6. The molecule has 116 valence electrons. The molecule has 1 amide bonds. The maximum absolute atomic E-state index is 12.0. The summed E-state index contributed by atoms with van der Waals surface area (Å²) >= 11 is 1.80. The van der Waals surface area contributed by atoms with Crippen LogP contribution in [0.2, 0.25) is 0 Å². The minimum absolute atomic E-state index is 0.142. The number of carbonyl (C=O) groups is 1. The molecule has 0 saturated heterocycles. The van der Waals surface area contributed by atoms with Crippen molar-refractivity contribution in [2.45, 2.75) is 50.5 Å². The Hall–Kier alpha value is -1.00. The smallest absolute Gasteiger partial charge is 0.221 e. The van der Waals surface area contributed by atoms with Gasteiger partial charge in [-0.2, -0.15) is 11.8 Å². The molecule has 0 heterocycles. The van der Waals surface area contributed by atoms with E-state index in [1.54, 1.807) is 11.8 Å². The first-order valence-corrected chi connectivity index (χ1v) is 8.93. The Morgan fingerprint density at radius 2 is 2.10 bits per heavy atom. The monoisotopic (exact) mass is 307 g/mol. The van der Waals surface area contributed by atoms with E-state index in [0.29, 0.717) is 12.3 Å². The van der Waals surface area contributed by atoms with Crippen LogP contribution in [0.5, 0.6) is 0 Å². The van der Waals surface area contributed by atoms with Crippen LogP contribution in [0.25, 0.3) is 0 Å². The highest BCUT2D eigenvalue weighted by Gasteiger charge is 2.33. The number of carbonyl (C=O) groups excluding carboxylic acids is 1. The minimum atomic E-state index is -0.151. The number of hydrogen-bond donors (Lipinski definition) is 2. The van der Waals surface area contributed by atoms with E-state index in [9.17, 15) is 9.90 Å². The molecule has 2 rings (SSSR count). The van der Waals surface area contributed by atoms with E-state index in [1.165, 1.54) is 5.56 Å². The summed E-state index contributed by atoms with van der Waals surface area (Å²) in [4.78, 5) is 12.0. The number of rotatable bonds is 8. The summed E-state index contributed by atoms with van der Waals surface area (Å²) in [6.45, 7) is 2.10. The van der Waals surface area contributed by atoms with E-state index in [1.807, 2.05) is 18.2 Å². The zero-order valence-corrected chi connectivity index (χ0v) is 13.4. The van der Waals surface area contributed by atoms with Gasteiger partial charge in [0.05, 0.1) is 6.10 Å². The second-order valence-electron chi connectivity index (χ2n) is 5.76. The lowest BCUT2D eigenvalue weighted by atomic mass is 9.76. The Bertz CT molecular complexity index is 432. The number of aliphatic hydroxyl groups is 1. The Labute approximate surface area is 131 Å². The molecular weight excluding hydrogens is 282 g/mol. The summed E-state index contributed by atoms with van der Waals surface area (Å²) in [7, 11) is 0. The van der Waals surface area contributed by atoms with Gasteiger partial charge in [-0.3, -0.25) is 4.79 Å². The number of nitrogens with one attached hydrogen (secondary N) is 1. The topological polar surface area (TPSA) is 49.3 Å². The molecule has 2 N–H and O–H groups in total. The Morgan fingerprint density at radius 3 is 2.71 bits per heavy atom. The molecule has 0 aromatic heterocycles. The zero-order chi connectivity index (χ0) is 15.1. The van der Waals surface area contributed by atoms with Gasteiger partial charge in [0, 0.05) is 24.0 Å². The molecule has 0 unspecified atom stereocenters. The van der Waals surface area contributed by atoms with Gasteiger partial charge in [0.25, 0.3) is 0 Å². The Kier molecular flexibility index (Phi) is 6.58. The van der Waals surface area contributed by atoms with Crippen LogP contribution in [0.1, 0.15) is 38.2 Å². The largest absolute Gasteiger partial charge is 0.393 e. The lowest BCUT2D eigenvalue weighted by molar-refractivity contribution is -0.122. The molecule has 3 nitrogen and oxygen atoms in total. The van der Waals surface area contributed by atoms with Crippen molar-refractivity contribution in [1.29, 1.82) is 0 Å². The average molecular weight is 307 g/mol. The highest BCUT2D eigenvalue weighted by molar-refractivity contribution is 7.98. The van der Waals surface area contributed by atoms with Gasteiger partial charge in [-0.25, -0.2) is 0 Å². The number of amides is 1. The van der Waals surface area contributed by atoms with Gasteiger partial charge >= 0.3 is 0 Å². The molecule has 0 spiro atoms. The molecule has 1 saturated carbocycles. The zero-order valence-electron chi connectivity index (χ0n) is 12.6. The van der Waals surface area contributed by atoms with Crippen LogP contribution >= 0.6 is 11.8 Å². The predicted octanol–water partition coefficient (Wildman–Crippen LogP) is 2.98. The van der Waals surface area contributed by atoms with Crippen molar-refractivity contribution in [3.8, 4) is 0 Å². The molecule has 4 heteroatoms. The van der Waals surface area contributed by atoms with Crippen LogP contribution < -0.4 is 5.32 Å². The molecular formula is C17H25NO2S. The quantitative estimate of drug-likeness (QED) is 0.726. The third-order valence-electron chi connectivity index (χ3n) is 4.09. The summed E-state index contributed by atoms with van der Waals surface area (Å²) < 4.78 is 0. The Morgan fingerprint density at radius 1 is 1.38 bits per heavy atom.